The van der Waals surface area contributed by atoms with Gasteiger partial charge in [-0.2, -0.15) is 0 Å². The maximum atomic E-state index is 12.1. The fourth-order valence-corrected chi connectivity index (χ4v) is 3.05. The van der Waals surface area contributed by atoms with Gasteiger partial charge in [-0.1, -0.05) is 30.0 Å². The Labute approximate surface area is 170 Å². The molecule has 0 fully saturated rings. The van der Waals surface area contributed by atoms with Gasteiger partial charge < -0.3 is 19.2 Å². The number of ether oxygens (including phenoxy) is 2. The number of para-hydroxylation sites is 2. The van der Waals surface area contributed by atoms with E-state index in [4.69, 9.17) is 9.15 Å². The summed E-state index contributed by atoms with van der Waals surface area (Å²) in [5, 5.41) is 2.96. The lowest BCUT2D eigenvalue weighted by Gasteiger charge is -2.10. The summed E-state index contributed by atoms with van der Waals surface area (Å²) in [4.78, 5) is 39.8. The number of hydrogen-bond donors (Lipinski definition) is 1. The molecular formula is C20H18N2O6S. The maximum absolute atomic E-state index is 12.1. The molecule has 1 amide bonds. The van der Waals surface area contributed by atoms with Gasteiger partial charge in [0.05, 0.1) is 12.7 Å². The number of nitrogens with one attached hydrogen (secondary N) is 1. The fraction of sp³-hybridized carbons (Fsp3) is 0.200. The van der Waals surface area contributed by atoms with Gasteiger partial charge in [0.15, 0.2) is 12.2 Å². The van der Waals surface area contributed by atoms with Crippen LogP contribution >= 0.6 is 11.8 Å². The third kappa shape index (κ3) is 5.35. The van der Waals surface area contributed by atoms with Crippen molar-refractivity contribution < 1.29 is 28.3 Å². The van der Waals surface area contributed by atoms with Gasteiger partial charge in [-0.25, -0.2) is 9.78 Å². The molecule has 0 saturated carbocycles. The number of esters is 2. The summed E-state index contributed by atoms with van der Waals surface area (Å²) in [6.07, 6.45) is 0. The highest BCUT2D eigenvalue weighted by Crippen LogP contribution is 2.23. The molecule has 3 aromatic rings. The Balaban J connectivity index is 1.48. The Hall–Kier alpha value is -3.33. The summed E-state index contributed by atoms with van der Waals surface area (Å²) in [7, 11) is 1.28. The van der Waals surface area contributed by atoms with E-state index in [1.54, 1.807) is 25.1 Å². The van der Waals surface area contributed by atoms with Crippen LogP contribution < -0.4 is 5.32 Å². The summed E-state index contributed by atoms with van der Waals surface area (Å²) in [5.74, 6) is -1.65. The number of carbonyl (C=O) groups is 3. The smallest absolute Gasteiger partial charge is 0.337 e. The van der Waals surface area contributed by atoms with Crippen molar-refractivity contribution in [1.82, 2.24) is 4.98 Å². The minimum atomic E-state index is -0.576. The molecule has 0 radical (unpaired) electrons. The maximum Gasteiger partial charge on any atom is 0.337 e. The first-order chi connectivity index (χ1) is 14.0. The summed E-state index contributed by atoms with van der Waals surface area (Å²) < 4.78 is 15.1. The van der Waals surface area contributed by atoms with Crippen LogP contribution in [0.2, 0.25) is 0 Å². The zero-order valence-electron chi connectivity index (χ0n) is 15.8. The predicted molar refractivity (Wildman–Crippen MR) is 107 cm³/mol. The molecule has 0 spiro atoms. The van der Waals surface area contributed by atoms with Crippen LogP contribution in [0.15, 0.2) is 52.1 Å². The lowest BCUT2D eigenvalue weighted by Crippen LogP contribution is -2.22. The molecule has 1 N–H and O–H groups in total. The number of thioether (sulfide) groups is 1. The molecule has 1 heterocycles. The van der Waals surface area contributed by atoms with E-state index in [2.05, 4.69) is 15.0 Å². The van der Waals surface area contributed by atoms with Gasteiger partial charge in [-0.15, -0.1) is 0 Å². The average molecular weight is 414 g/mol. The van der Waals surface area contributed by atoms with E-state index in [-0.39, 0.29) is 5.75 Å². The van der Waals surface area contributed by atoms with Gasteiger partial charge in [0.1, 0.15) is 11.3 Å². The van der Waals surface area contributed by atoms with E-state index in [1.165, 1.54) is 13.2 Å². The minimum absolute atomic E-state index is 0.0447. The molecule has 0 unspecified atom stereocenters. The fourth-order valence-electron chi connectivity index (χ4n) is 2.41. The monoisotopic (exact) mass is 414 g/mol. The van der Waals surface area contributed by atoms with E-state index in [9.17, 15) is 14.4 Å². The summed E-state index contributed by atoms with van der Waals surface area (Å²) >= 11 is 1.08. The van der Waals surface area contributed by atoms with Crippen molar-refractivity contribution in [2.75, 3.05) is 24.8 Å². The quantitative estimate of drug-likeness (QED) is 0.464. The van der Waals surface area contributed by atoms with E-state index in [0.29, 0.717) is 27.6 Å². The Bertz CT molecular complexity index is 1030. The topological polar surface area (TPSA) is 108 Å². The van der Waals surface area contributed by atoms with Gasteiger partial charge in [0.25, 0.3) is 11.1 Å². The highest BCUT2D eigenvalue weighted by Gasteiger charge is 2.14. The van der Waals surface area contributed by atoms with Crippen molar-refractivity contribution in [3.63, 3.8) is 0 Å². The van der Waals surface area contributed by atoms with E-state index in [0.717, 1.165) is 17.3 Å². The number of nitrogens with zero attached hydrogens (tertiary/aromatic N) is 1. The summed E-state index contributed by atoms with van der Waals surface area (Å²) in [5.41, 5.74) is 2.83. The molecule has 150 valence electrons. The molecule has 0 bridgehead atoms. The van der Waals surface area contributed by atoms with Crippen molar-refractivity contribution in [3.8, 4) is 0 Å². The molecule has 1 aromatic heterocycles. The van der Waals surface area contributed by atoms with Crippen LogP contribution in [0.5, 0.6) is 0 Å². The molecule has 29 heavy (non-hydrogen) atoms. The van der Waals surface area contributed by atoms with Crippen molar-refractivity contribution >= 4 is 46.4 Å². The summed E-state index contributed by atoms with van der Waals surface area (Å²) in [6.45, 7) is 1.33. The number of methoxy groups -OCH3 is 1. The molecule has 3 rings (SSSR count). The molecule has 2 aromatic carbocycles. The Morgan fingerprint density at radius 3 is 2.72 bits per heavy atom. The molecular weight excluding hydrogens is 396 g/mol. The second kappa shape index (κ2) is 9.24. The number of fused-ring (bicyclic) bond motifs is 1. The normalized spacial score (nSPS) is 10.6. The Morgan fingerprint density at radius 1 is 1.17 bits per heavy atom. The Morgan fingerprint density at radius 2 is 1.97 bits per heavy atom. The highest BCUT2D eigenvalue weighted by atomic mass is 32.2. The first-order valence-corrected chi connectivity index (χ1v) is 9.57. The van der Waals surface area contributed by atoms with Gasteiger partial charge in [0, 0.05) is 5.69 Å². The van der Waals surface area contributed by atoms with E-state index < -0.39 is 24.5 Å². The van der Waals surface area contributed by atoms with Crippen LogP contribution in [0.25, 0.3) is 11.1 Å². The minimum Gasteiger partial charge on any atom is -0.465 e. The van der Waals surface area contributed by atoms with Crippen molar-refractivity contribution in [2.24, 2.45) is 0 Å². The molecule has 0 aliphatic heterocycles. The number of aryl methyl sites for hydroxylation is 1. The van der Waals surface area contributed by atoms with Crippen LogP contribution in [0.4, 0.5) is 5.69 Å². The first-order valence-electron chi connectivity index (χ1n) is 8.59. The largest absolute Gasteiger partial charge is 0.465 e. The van der Waals surface area contributed by atoms with Crippen LogP contribution in [-0.2, 0) is 19.1 Å². The molecule has 0 saturated heterocycles. The number of benzene rings is 2. The predicted octanol–water partition coefficient (Wildman–Crippen LogP) is 3.20. The van der Waals surface area contributed by atoms with Gasteiger partial charge in [0.2, 0.25) is 0 Å². The zero-order valence-corrected chi connectivity index (χ0v) is 16.6. The van der Waals surface area contributed by atoms with Gasteiger partial charge >= 0.3 is 11.9 Å². The average Bonchev–Trinajstić information content (AvgIpc) is 3.14. The first kappa shape index (κ1) is 20.4. The van der Waals surface area contributed by atoms with Crippen LogP contribution in [0.3, 0.4) is 0 Å². The van der Waals surface area contributed by atoms with Crippen LogP contribution in [0, 0.1) is 6.92 Å². The van der Waals surface area contributed by atoms with Gasteiger partial charge in [-0.3, -0.25) is 9.59 Å². The van der Waals surface area contributed by atoms with Crippen LogP contribution in [-0.4, -0.2) is 42.3 Å². The number of carbonyl (C=O) groups excluding carboxylic acids is 3. The molecule has 9 heteroatoms. The lowest BCUT2D eigenvalue weighted by atomic mass is 10.1. The second-order valence-electron chi connectivity index (χ2n) is 5.97. The van der Waals surface area contributed by atoms with E-state index >= 15 is 0 Å². The zero-order chi connectivity index (χ0) is 20.8. The van der Waals surface area contributed by atoms with Crippen molar-refractivity contribution in [2.45, 2.75) is 12.1 Å². The highest BCUT2D eigenvalue weighted by molar-refractivity contribution is 7.99. The SMILES string of the molecule is COC(=O)c1ccc(C)c(NC(=O)COC(=O)CSc2nc3ccccc3o2)c1. The number of anilines is 1. The third-order valence-corrected chi connectivity index (χ3v) is 4.69. The number of hydrogen-bond acceptors (Lipinski definition) is 8. The third-order valence-electron chi connectivity index (χ3n) is 3.88. The Kier molecular flexibility index (Phi) is 6.50. The van der Waals surface area contributed by atoms with Crippen molar-refractivity contribution in [1.29, 1.82) is 0 Å². The standard InChI is InChI=1S/C20H18N2O6S/c1-12-7-8-13(19(25)26-2)9-15(12)21-17(23)10-27-18(24)11-29-20-22-14-5-3-4-6-16(14)28-20/h3-9H,10-11H2,1-2H3,(H,21,23). The number of rotatable bonds is 7. The number of amides is 1. The molecule has 0 aliphatic carbocycles. The van der Waals surface area contributed by atoms with Crippen molar-refractivity contribution in [3.05, 3.63) is 53.6 Å². The van der Waals surface area contributed by atoms with Crippen LogP contribution in [0.1, 0.15) is 15.9 Å². The number of aromatic nitrogens is 1. The molecule has 0 atom stereocenters. The molecule has 0 aliphatic rings. The second-order valence-corrected chi connectivity index (χ2v) is 6.89. The van der Waals surface area contributed by atoms with Gasteiger partial charge in [-0.05, 0) is 36.8 Å². The number of oxazole rings is 1. The molecule has 8 nitrogen and oxygen atoms in total. The van der Waals surface area contributed by atoms with E-state index in [1.807, 2.05) is 18.2 Å². The summed E-state index contributed by atoms with van der Waals surface area (Å²) in [6, 6.07) is 12.1. The lowest BCUT2D eigenvalue weighted by molar-refractivity contribution is -0.144.